The summed E-state index contributed by atoms with van der Waals surface area (Å²) < 4.78 is 7.08. The van der Waals surface area contributed by atoms with Crippen LogP contribution in [0.5, 0.6) is 0 Å². The maximum absolute atomic E-state index is 12.1. The number of carbonyl (C=O) groups excluding carboxylic acids is 1. The van der Waals surface area contributed by atoms with E-state index in [0.717, 1.165) is 12.8 Å². The molecule has 2 heterocycles. The summed E-state index contributed by atoms with van der Waals surface area (Å²) in [6.45, 7) is 6.75. The van der Waals surface area contributed by atoms with Crippen LogP contribution in [-0.2, 0) is 17.9 Å². The Morgan fingerprint density at radius 1 is 1.55 bits per heavy atom. The van der Waals surface area contributed by atoms with Gasteiger partial charge in [0.25, 0.3) is 0 Å². The number of aromatic nitrogens is 3. The first-order valence-corrected chi connectivity index (χ1v) is 6.88. The van der Waals surface area contributed by atoms with Gasteiger partial charge in [0, 0.05) is 6.54 Å². The third-order valence-electron chi connectivity index (χ3n) is 3.15. The molecule has 1 amide bonds. The van der Waals surface area contributed by atoms with Crippen LogP contribution in [0.25, 0.3) is 0 Å². The van der Waals surface area contributed by atoms with Crippen molar-refractivity contribution in [2.75, 3.05) is 6.54 Å². The van der Waals surface area contributed by atoms with Gasteiger partial charge in [0.15, 0.2) is 0 Å². The fourth-order valence-electron chi connectivity index (χ4n) is 2.30. The number of carbonyl (C=O) groups is 1. The van der Waals surface area contributed by atoms with Crippen molar-refractivity contribution in [2.24, 2.45) is 0 Å². The maximum atomic E-state index is 12.1. The molecule has 0 aromatic carbocycles. The predicted octanol–water partition coefficient (Wildman–Crippen LogP) is 1.17. The lowest BCUT2D eigenvalue weighted by Crippen LogP contribution is -2.41. The fraction of sp³-hybridized carbons (Fsp3) is 0.769. The van der Waals surface area contributed by atoms with Crippen molar-refractivity contribution in [3.8, 4) is 0 Å². The van der Waals surface area contributed by atoms with Gasteiger partial charge in [-0.25, -0.2) is 4.79 Å². The van der Waals surface area contributed by atoms with E-state index in [2.05, 4.69) is 10.3 Å². The highest BCUT2D eigenvalue weighted by Gasteiger charge is 2.32. The molecular formula is C13H22N4O3. The van der Waals surface area contributed by atoms with Gasteiger partial charge >= 0.3 is 6.09 Å². The van der Waals surface area contributed by atoms with Crippen LogP contribution in [0.3, 0.4) is 0 Å². The lowest BCUT2D eigenvalue weighted by molar-refractivity contribution is 0.0211. The van der Waals surface area contributed by atoms with Crippen molar-refractivity contribution in [1.29, 1.82) is 0 Å². The van der Waals surface area contributed by atoms with E-state index >= 15 is 0 Å². The number of hydrogen-bond donors (Lipinski definition) is 1. The third-order valence-corrected chi connectivity index (χ3v) is 3.15. The van der Waals surface area contributed by atoms with E-state index in [1.165, 1.54) is 0 Å². The van der Waals surface area contributed by atoms with Crippen LogP contribution in [0.2, 0.25) is 0 Å². The summed E-state index contributed by atoms with van der Waals surface area (Å²) in [7, 11) is 0. The number of aliphatic hydroxyl groups is 1. The number of amides is 1. The molecule has 1 N–H and O–H groups in total. The summed E-state index contributed by atoms with van der Waals surface area (Å²) >= 11 is 0. The molecule has 112 valence electrons. The summed E-state index contributed by atoms with van der Waals surface area (Å²) in [5.41, 5.74) is 0.0495. The van der Waals surface area contributed by atoms with Gasteiger partial charge in [-0.15, -0.1) is 5.10 Å². The van der Waals surface area contributed by atoms with E-state index in [4.69, 9.17) is 9.84 Å². The van der Waals surface area contributed by atoms with Crippen LogP contribution in [-0.4, -0.2) is 49.3 Å². The largest absolute Gasteiger partial charge is 0.444 e. The number of nitrogens with zero attached hydrogens (tertiary/aromatic N) is 4. The standard InChI is InChI=1S/C13H22N4O3/c1-13(2,3)20-12(19)17-6-4-5-11(17)8-16-7-10(9-18)14-15-16/h7,11,18H,4-6,8-9H2,1-3H3/t11-/m1/s1. The SMILES string of the molecule is CC(C)(C)OC(=O)N1CCC[C@@H]1Cn1cc(CO)nn1. The Labute approximate surface area is 118 Å². The smallest absolute Gasteiger partial charge is 0.410 e. The van der Waals surface area contributed by atoms with Gasteiger partial charge in [0.05, 0.1) is 25.4 Å². The fourth-order valence-corrected chi connectivity index (χ4v) is 2.30. The minimum atomic E-state index is -0.485. The molecule has 0 unspecified atom stereocenters. The maximum Gasteiger partial charge on any atom is 0.410 e. The average Bonchev–Trinajstić information content (AvgIpc) is 2.96. The predicted molar refractivity (Wildman–Crippen MR) is 71.9 cm³/mol. The molecule has 1 aromatic rings. The monoisotopic (exact) mass is 282 g/mol. The second kappa shape index (κ2) is 5.78. The van der Waals surface area contributed by atoms with Gasteiger partial charge in [-0.05, 0) is 33.6 Å². The topological polar surface area (TPSA) is 80.5 Å². The average molecular weight is 282 g/mol. The van der Waals surface area contributed by atoms with Crippen LogP contribution < -0.4 is 0 Å². The number of likely N-dealkylation sites (tertiary alicyclic amines) is 1. The molecule has 1 fully saturated rings. The molecule has 1 atom stereocenters. The van der Waals surface area contributed by atoms with E-state index in [9.17, 15) is 4.79 Å². The summed E-state index contributed by atoms with van der Waals surface area (Å²) in [5.74, 6) is 0. The van der Waals surface area contributed by atoms with Gasteiger partial charge in [0.2, 0.25) is 0 Å². The molecule has 2 rings (SSSR count). The number of rotatable bonds is 3. The highest BCUT2D eigenvalue weighted by molar-refractivity contribution is 5.68. The molecule has 0 bridgehead atoms. The van der Waals surface area contributed by atoms with Gasteiger partial charge < -0.3 is 14.7 Å². The molecular weight excluding hydrogens is 260 g/mol. The zero-order valence-corrected chi connectivity index (χ0v) is 12.2. The Balaban J connectivity index is 1.98. The van der Waals surface area contributed by atoms with Crippen LogP contribution in [0, 0.1) is 0 Å². The van der Waals surface area contributed by atoms with E-state index in [1.54, 1.807) is 15.8 Å². The lowest BCUT2D eigenvalue weighted by atomic mass is 10.2. The van der Waals surface area contributed by atoms with Gasteiger partial charge in [-0.3, -0.25) is 4.68 Å². The molecule has 20 heavy (non-hydrogen) atoms. The molecule has 7 heteroatoms. The molecule has 0 radical (unpaired) electrons. The van der Waals surface area contributed by atoms with Gasteiger partial charge in [-0.2, -0.15) is 0 Å². The normalized spacial score (nSPS) is 19.4. The Morgan fingerprint density at radius 3 is 2.90 bits per heavy atom. The minimum Gasteiger partial charge on any atom is -0.444 e. The van der Waals surface area contributed by atoms with E-state index in [-0.39, 0.29) is 18.7 Å². The highest BCUT2D eigenvalue weighted by atomic mass is 16.6. The van der Waals surface area contributed by atoms with E-state index in [0.29, 0.717) is 18.8 Å². The first-order valence-electron chi connectivity index (χ1n) is 6.88. The van der Waals surface area contributed by atoms with Crippen LogP contribution in [0.4, 0.5) is 4.79 Å². The van der Waals surface area contributed by atoms with Crippen LogP contribution >= 0.6 is 0 Å². The molecule has 1 aliphatic heterocycles. The van der Waals surface area contributed by atoms with Crippen LogP contribution in [0.1, 0.15) is 39.3 Å². The Bertz CT molecular complexity index is 466. The molecule has 1 aromatic heterocycles. The molecule has 0 aliphatic carbocycles. The Kier molecular flexibility index (Phi) is 4.27. The first kappa shape index (κ1) is 14.8. The van der Waals surface area contributed by atoms with Crippen molar-refractivity contribution in [3.05, 3.63) is 11.9 Å². The van der Waals surface area contributed by atoms with Crippen molar-refractivity contribution >= 4 is 6.09 Å². The zero-order valence-electron chi connectivity index (χ0n) is 12.2. The summed E-state index contributed by atoms with van der Waals surface area (Å²) in [6, 6.07) is 0.0677. The summed E-state index contributed by atoms with van der Waals surface area (Å²) in [6.07, 6.45) is 3.31. The van der Waals surface area contributed by atoms with Crippen molar-refractivity contribution < 1.29 is 14.6 Å². The molecule has 7 nitrogen and oxygen atoms in total. The number of hydrogen-bond acceptors (Lipinski definition) is 5. The van der Waals surface area contributed by atoms with Crippen molar-refractivity contribution in [3.63, 3.8) is 0 Å². The zero-order chi connectivity index (χ0) is 14.8. The highest BCUT2D eigenvalue weighted by Crippen LogP contribution is 2.21. The molecule has 0 saturated carbocycles. The van der Waals surface area contributed by atoms with Crippen LogP contribution in [0.15, 0.2) is 6.20 Å². The molecule has 1 aliphatic rings. The van der Waals surface area contributed by atoms with Crippen molar-refractivity contribution in [2.45, 2.75) is 58.4 Å². The number of aliphatic hydroxyl groups excluding tert-OH is 1. The molecule has 1 saturated heterocycles. The lowest BCUT2D eigenvalue weighted by Gasteiger charge is -2.28. The van der Waals surface area contributed by atoms with Gasteiger partial charge in [0.1, 0.15) is 11.3 Å². The Hall–Kier alpha value is -1.63. The molecule has 0 spiro atoms. The Morgan fingerprint density at radius 2 is 2.30 bits per heavy atom. The van der Waals surface area contributed by atoms with E-state index < -0.39 is 5.60 Å². The minimum absolute atomic E-state index is 0.0677. The van der Waals surface area contributed by atoms with E-state index in [1.807, 2.05) is 20.8 Å². The second-order valence-corrected chi connectivity index (χ2v) is 6.06. The first-order chi connectivity index (χ1) is 9.39. The number of ether oxygens (including phenoxy) is 1. The third kappa shape index (κ3) is 3.69. The second-order valence-electron chi connectivity index (χ2n) is 6.06. The summed E-state index contributed by atoms with van der Waals surface area (Å²) in [5, 5.41) is 16.8. The van der Waals surface area contributed by atoms with Crippen molar-refractivity contribution in [1.82, 2.24) is 19.9 Å². The summed E-state index contributed by atoms with van der Waals surface area (Å²) in [4.78, 5) is 13.9. The quantitative estimate of drug-likeness (QED) is 0.900. The van der Waals surface area contributed by atoms with Gasteiger partial charge in [-0.1, -0.05) is 5.21 Å².